The number of carbonyl (C=O) groups excluding carboxylic acids is 1. The number of nitrogens with one attached hydrogen (secondary N) is 2. The lowest BCUT2D eigenvalue weighted by molar-refractivity contribution is 0.102. The van der Waals surface area contributed by atoms with E-state index >= 15 is 0 Å². The molecule has 0 aliphatic carbocycles. The predicted octanol–water partition coefficient (Wildman–Crippen LogP) is 3.24. The highest BCUT2D eigenvalue weighted by atomic mass is 32.2. The molecular weight excluding hydrogens is 312 g/mol. The monoisotopic (exact) mass is 332 g/mol. The first-order valence-corrected chi connectivity index (χ1v) is 9.02. The fourth-order valence-electron chi connectivity index (χ4n) is 2.53. The number of hydrogen-bond acceptors (Lipinski definition) is 3. The molecule has 2 rings (SSSR count). The van der Waals surface area contributed by atoms with Crippen LogP contribution in [-0.2, 0) is 10.0 Å². The van der Waals surface area contributed by atoms with Crippen LogP contribution in [0.1, 0.15) is 27.0 Å². The quantitative estimate of drug-likeness (QED) is 0.902. The Morgan fingerprint density at radius 1 is 1.00 bits per heavy atom. The van der Waals surface area contributed by atoms with Crippen LogP contribution in [0.4, 0.5) is 11.4 Å². The van der Waals surface area contributed by atoms with Crippen molar-refractivity contribution >= 4 is 27.3 Å². The molecule has 0 bridgehead atoms. The highest BCUT2D eigenvalue weighted by Crippen LogP contribution is 2.24. The summed E-state index contributed by atoms with van der Waals surface area (Å²) in [6.45, 7) is 5.85. The van der Waals surface area contributed by atoms with Crippen molar-refractivity contribution in [1.29, 1.82) is 0 Å². The van der Waals surface area contributed by atoms with E-state index in [4.69, 9.17) is 0 Å². The summed E-state index contributed by atoms with van der Waals surface area (Å²) in [5.74, 6) is -0.355. The molecule has 2 aromatic carbocycles. The molecular formula is C17H20N2O3S. The average Bonchev–Trinajstić information content (AvgIpc) is 2.41. The van der Waals surface area contributed by atoms with Crippen molar-refractivity contribution in [2.75, 3.05) is 16.3 Å². The molecule has 0 spiro atoms. The van der Waals surface area contributed by atoms with Gasteiger partial charge >= 0.3 is 0 Å². The van der Waals surface area contributed by atoms with Crippen molar-refractivity contribution in [3.63, 3.8) is 0 Å². The van der Waals surface area contributed by atoms with Gasteiger partial charge in [0.25, 0.3) is 5.91 Å². The molecule has 2 N–H and O–H groups in total. The van der Waals surface area contributed by atoms with Crippen LogP contribution in [0.15, 0.2) is 36.4 Å². The second-order valence-electron chi connectivity index (χ2n) is 5.65. The summed E-state index contributed by atoms with van der Waals surface area (Å²) in [4.78, 5) is 12.6. The zero-order valence-corrected chi connectivity index (χ0v) is 14.4. The highest BCUT2D eigenvalue weighted by molar-refractivity contribution is 7.92. The molecule has 0 saturated heterocycles. The van der Waals surface area contributed by atoms with Crippen LogP contribution in [0.3, 0.4) is 0 Å². The summed E-state index contributed by atoms with van der Waals surface area (Å²) >= 11 is 0. The molecule has 0 atom stereocenters. The molecule has 23 heavy (non-hydrogen) atoms. The van der Waals surface area contributed by atoms with Crippen LogP contribution in [0.2, 0.25) is 0 Å². The molecule has 2 aromatic rings. The van der Waals surface area contributed by atoms with Gasteiger partial charge in [-0.25, -0.2) is 8.42 Å². The molecule has 0 unspecified atom stereocenters. The molecule has 0 fully saturated rings. The van der Waals surface area contributed by atoms with Gasteiger partial charge in [-0.1, -0.05) is 29.8 Å². The summed E-state index contributed by atoms with van der Waals surface area (Å²) in [7, 11) is -3.46. The van der Waals surface area contributed by atoms with Gasteiger partial charge < -0.3 is 5.32 Å². The Morgan fingerprint density at radius 2 is 1.57 bits per heavy atom. The molecule has 5 nitrogen and oxygen atoms in total. The van der Waals surface area contributed by atoms with Gasteiger partial charge in [-0.3, -0.25) is 9.52 Å². The first-order chi connectivity index (χ1) is 10.7. The van der Waals surface area contributed by atoms with Crippen molar-refractivity contribution in [2.45, 2.75) is 20.8 Å². The number of amides is 1. The summed E-state index contributed by atoms with van der Waals surface area (Å²) < 4.78 is 25.2. The third-order valence-corrected chi connectivity index (χ3v) is 3.97. The summed E-state index contributed by atoms with van der Waals surface area (Å²) in [5.41, 5.74) is 4.33. The van der Waals surface area contributed by atoms with E-state index in [1.165, 1.54) is 0 Å². The Bertz CT molecular complexity index is 835. The van der Waals surface area contributed by atoms with E-state index in [0.29, 0.717) is 0 Å². The van der Waals surface area contributed by atoms with E-state index < -0.39 is 10.0 Å². The summed E-state index contributed by atoms with van der Waals surface area (Å²) in [6.07, 6.45) is 1.05. The Hall–Kier alpha value is -2.34. The lowest BCUT2D eigenvalue weighted by atomic mass is 10.0. The normalized spacial score (nSPS) is 11.1. The zero-order chi connectivity index (χ0) is 17.2. The Balaban J connectivity index is 2.36. The summed E-state index contributed by atoms with van der Waals surface area (Å²) in [6, 6.07) is 10.5. The van der Waals surface area contributed by atoms with Crippen LogP contribution in [0.5, 0.6) is 0 Å². The third-order valence-electron chi connectivity index (χ3n) is 3.38. The lowest BCUT2D eigenvalue weighted by Crippen LogP contribution is -2.18. The molecule has 0 aliphatic heterocycles. The largest absolute Gasteiger partial charge is 0.321 e. The fraction of sp³-hybridized carbons (Fsp3) is 0.235. The van der Waals surface area contributed by atoms with Crippen LogP contribution in [-0.4, -0.2) is 20.6 Å². The van der Waals surface area contributed by atoms with Crippen LogP contribution >= 0.6 is 0 Å². The molecule has 0 aliphatic rings. The maximum Gasteiger partial charge on any atom is 0.257 e. The molecule has 0 radical (unpaired) electrons. The van der Waals surface area contributed by atoms with E-state index in [9.17, 15) is 13.2 Å². The molecule has 0 aromatic heterocycles. The maximum atomic E-state index is 12.6. The van der Waals surface area contributed by atoms with Gasteiger partial charge in [0.1, 0.15) is 0 Å². The van der Waals surface area contributed by atoms with Crippen LogP contribution < -0.4 is 10.0 Å². The number of carbonyl (C=O) groups is 1. The van der Waals surface area contributed by atoms with E-state index in [1.54, 1.807) is 24.3 Å². The number of sulfonamides is 1. The van der Waals surface area contributed by atoms with E-state index in [0.717, 1.165) is 28.6 Å². The van der Waals surface area contributed by atoms with Crippen molar-refractivity contribution < 1.29 is 13.2 Å². The SMILES string of the molecule is Cc1cc(C)c(NC(=O)c2ccccc2NS(C)(=O)=O)c(C)c1. The first-order valence-electron chi connectivity index (χ1n) is 7.13. The van der Waals surface area contributed by atoms with E-state index in [2.05, 4.69) is 10.0 Å². The third kappa shape index (κ3) is 4.32. The minimum atomic E-state index is -3.46. The highest BCUT2D eigenvalue weighted by Gasteiger charge is 2.15. The summed E-state index contributed by atoms with van der Waals surface area (Å²) in [5, 5.41) is 2.87. The number of anilines is 2. The zero-order valence-electron chi connectivity index (χ0n) is 13.6. The van der Waals surface area contributed by atoms with Gasteiger partial charge in [-0.05, 0) is 44.0 Å². The van der Waals surface area contributed by atoms with Crippen molar-refractivity contribution in [3.05, 3.63) is 58.7 Å². The smallest absolute Gasteiger partial charge is 0.257 e. The second kappa shape index (κ2) is 6.42. The van der Waals surface area contributed by atoms with Crippen molar-refractivity contribution in [3.8, 4) is 0 Å². The number of benzene rings is 2. The van der Waals surface area contributed by atoms with E-state index in [-0.39, 0.29) is 17.2 Å². The number of aryl methyl sites for hydroxylation is 3. The van der Waals surface area contributed by atoms with Crippen LogP contribution in [0, 0.1) is 20.8 Å². The van der Waals surface area contributed by atoms with Gasteiger partial charge in [-0.2, -0.15) is 0 Å². The average molecular weight is 332 g/mol. The van der Waals surface area contributed by atoms with E-state index in [1.807, 2.05) is 32.9 Å². The van der Waals surface area contributed by atoms with Gasteiger partial charge in [0.05, 0.1) is 17.5 Å². The Morgan fingerprint density at radius 3 is 2.13 bits per heavy atom. The molecule has 122 valence electrons. The number of hydrogen-bond donors (Lipinski definition) is 2. The van der Waals surface area contributed by atoms with Gasteiger partial charge in [0, 0.05) is 5.69 Å². The number of rotatable bonds is 4. The minimum absolute atomic E-state index is 0.259. The second-order valence-corrected chi connectivity index (χ2v) is 7.40. The van der Waals surface area contributed by atoms with Gasteiger partial charge in [0.2, 0.25) is 10.0 Å². The molecule has 1 amide bonds. The van der Waals surface area contributed by atoms with Gasteiger partial charge in [-0.15, -0.1) is 0 Å². The van der Waals surface area contributed by atoms with Crippen LogP contribution in [0.25, 0.3) is 0 Å². The molecule has 0 heterocycles. The Kier molecular flexibility index (Phi) is 4.75. The number of para-hydroxylation sites is 1. The maximum absolute atomic E-state index is 12.6. The standard InChI is InChI=1S/C17H20N2O3S/c1-11-9-12(2)16(13(3)10-11)18-17(20)14-7-5-6-8-15(14)19-23(4,21)22/h5-10,19H,1-4H3,(H,18,20). The van der Waals surface area contributed by atoms with Gasteiger partial charge in [0.15, 0.2) is 0 Å². The van der Waals surface area contributed by atoms with Crippen molar-refractivity contribution in [2.24, 2.45) is 0 Å². The lowest BCUT2D eigenvalue weighted by Gasteiger charge is -2.15. The fourth-order valence-corrected chi connectivity index (χ4v) is 3.11. The first kappa shape index (κ1) is 17.0. The topological polar surface area (TPSA) is 75.3 Å². The predicted molar refractivity (Wildman–Crippen MR) is 93.5 cm³/mol. The molecule has 6 heteroatoms. The minimum Gasteiger partial charge on any atom is -0.321 e. The Labute approximate surface area is 136 Å². The van der Waals surface area contributed by atoms with Crippen molar-refractivity contribution in [1.82, 2.24) is 0 Å². The molecule has 0 saturated carbocycles.